The van der Waals surface area contributed by atoms with Gasteiger partial charge in [-0.15, -0.1) is 0 Å². The molecule has 0 aliphatic carbocycles. The molecular formula is C11H23NO. The molecule has 1 N–H and O–H groups in total. The van der Waals surface area contributed by atoms with Crippen LogP contribution in [0.15, 0.2) is 0 Å². The molecule has 0 bridgehead atoms. The van der Waals surface area contributed by atoms with Crippen LogP contribution in [0.2, 0.25) is 0 Å². The molecule has 0 radical (unpaired) electrons. The summed E-state index contributed by atoms with van der Waals surface area (Å²) in [6.07, 6.45) is 1.34. The molecule has 2 atom stereocenters. The molecule has 0 amide bonds. The first-order valence-electron chi connectivity index (χ1n) is 5.31. The zero-order valence-corrected chi connectivity index (χ0v) is 9.38. The number of likely N-dealkylation sites (tertiary alicyclic amines) is 1. The van der Waals surface area contributed by atoms with Crippen LogP contribution in [0, 0.1) is 11.8 Å². The van der Waals surface area contributed by atoms with Crippen LogP contribution in [0.1, 0.15) is 34.1 Å². The maximum Gasteiger partial charge on any atom is 0.0718 e. The highest BCUT2D eigenvalue weighted by Gasteiger charge is 2.25. The first-order chi connectivity index (χ1) is 5.87. The van der Waals surface area contributed by atoms with Gasteiger partial charge in [-0.2, -0.15) is 0 Å². The van der Waals surface area contributed by atoms with Gasteiger partial charge in [0, 0.05) is 19.6 Å². The van der Waals surface area contributed by atoms with E-state index < -0.39 is 5.60 Å². The molecular weight excluding hydrogens is 162 g/mol. The van der Waals surface area contributed by atoms with E-state index in [4.69, 9.17) is 0 Å². The van der Waals surface area contributed by atoms with E-state index >= 15 is 0 Å². The van der Waals surface area contributed by atoms with Gasteiger partial charge in [0.1, 0.15) is 0 Å². The molecule has 13 heavy (non-hydrogen) atoms. The van der Waals surface area contributed by atoms with Crippen LogP contribution < -0.4 is 0 Å². The van der Waals surface area contributed by atoms with Crippen molar-refractivity contribution in [2.75, 3.05) is 19.6 Å². The second-order valence-electron chi connectivity index (χ2n) is 5.45. The van der Waals surface area contributed by atoms with E-state index in [9.17, 15) is 5.11 Å². The molecule has 2 nitrogen and oxygen atoms in total. The molecule has 2 heteroatoms. The molecule has 0 spiro atoms. The number of rotatable bonds is 2. The Labute approximate surface area is 81.9 Å². The van der Waals surface area contributed by atoms with Gasteiger partial charge in [0.05, 0.1) is 5.60 Å². The normalized spacial score (nSPS) is 32.1. The van der Waals surface area contributed by atoms with E-state index in [0.717, 1.165) is 31.5 Å². The largest absolute Gasteiger partial charge is 0.389 e. The van der Waals surface area contributed by atoms with Crippen molar-refractivity contribution >= 4 is 0 Å². The molecule has 1 aliphatic rings. The van der Waals surface area contributed by atoms with Crippen molar-refractivity contribution in [3.05, 3.63) is 0 Å². The number of hydrogen-bond donors (Lipinski definition) is 1. The first kappa shape index (κ1) is 11.0. The van der Waals surface area contributed by atoms with E-state index in [0.29, 0.717) is 0 Å². The van der Waals surface area contributed by atoms with Crippen LogP contribution in [-0.4, -0.2) is 35.2 Å². The molecule has 1 aliphatic heterocycles. The van der Waals surface area contributed by atoms with Gasteiger partial charge >= 0.3 is 0 Å². The third kappa shape index (κ3) is 4.10. The van der Waals surface area contributed by atoms with E-state index in [1.807, 2.05) is 13.8 Å². The topological polar surface area (TPSA) is 23.5 Å². The van der Waals surface area contributed by atoms with Crippen LogP contribution >= 0.6 is 0 Å². The lowest BCUT2D eigenvalue weighted by Crippen LogP contribution is -2.45. The lowest BCUT2D eigenvalue weighted by molar-refractivity contribution is 0.0140. The van der Waals surface area contributed by atoms with Gasteiger partial charge in [-0.1, -0.05) is 13.8 Å². The third-order valence-corrected chi connectivity index (χ3v) is 2.56. The Morgan fingerprint density at radius 3 is 2.08 bits per heavy atom. The summed E-state index contributed by atoms with van der Waals surface area (Å²) in [6.45, 7) is 11.5. The monoisotopic (exact) mass is 185 g/mol. The van der Waals surface area contributed by atoms with Crippen molar-refractivity contribution < 1.29 is 5.11 Å². The second-order valence-corrected chi connectivity index (χ2v) is 5.45. The quantitative estimate of drug-likeness (QED) is 0.708. The predicted molar refractivity (Wildman–Crippen MR) is 55.7 cm³/mol. The fourth-order valence-electron chi connectivity index (χ4n) is 2.47. The number of β-amino-alcohol motifs (C(OH)–C–C–N with tert-alkyl or cyclic N) is 1. The van der Waals surface area contributed by atoms with Crippen molar-refractivity contribution in [1.82, 2.24) is 4.90 Å². The summed E-state index contributed by atoms with van der Waals surface area (Å²) in [5.74, 6) is 1.57. The van der Waals surface area contributed by atoms with Crippen molar-refractivity contribution in [2.24, 2.45) is 11.8 Å². The van der Waals surface area contributed by atoms with Crippen LogP contribution in [-0.2, 0) is 0 Å². The van der Waals surface area contributed by atoms with Gasteiger partial charge in [-0.25, -0.2) is 0 Å². The molecule has 1 saturated heterocycles. The Balaban J connectivity index is 2.42. The molecule has 1 fully saturated rings. The van der Waals surface area contributed by atoms with Gasteiger partial charge in [0.15, 0.2) is 0 Å². The summed E-state index contributed by atoms with van der Waals surface area (Å²) in [4.78, 5) is 2.39. The predicted octanol–water partition coefficient (Wildman–Crippen LogP) is 1.74. The van der Waals surface area contributed by atoms with Crippen LogP contribution in [0.25, 0.3) is 0 Å². The minimum absolute atomic E-state index is 0.545. The summed E-state index contributed by atoms with van der Waals surface area (Å²) < 4.78 is 0. The van der Waals surface area contributed by atoms with Crippen molar-refractivity contribution in [3.63, 3.8) is 0 Å². The average molecular weight is 185 g/mol. The van der Waals surface area contributed by atoms with Crippen LogP contribution in [0.3, 0.4) is 0 Å². The maximum absolute atomic E-state index is 9.70. The van der Waals surface area contributed by atoms with Gasteiger partial charge in [-0.3, -0.25) is 4.90 Å². The zero-order valence-electron chi connectivity index (χ0n) is 9.38. The van der Waals surface area contributed by atoms with Crippen LogP contribution in [0.4, 0.5) is 0 Å². The molecule has 1 heterocycles. The second kappa shape index (κ2) is 3.97. The van der Waals surface area contributed by atoms with E-state index in [1.54, 1.807) is 0 Å². The summed E-state index contributed by atoms with van der Waals surface area (Å²) in [6, 6.07) is 0. The van der Waals surface area contributed by atoms with Gasteiger partial charge in [-0.05, 0) is 32.1 Å². The van der Waals surface area contributed by atoms with Crippen molar-refractivity contribution in [3.8, 4) is 0 Å². The zero-order chi connectivity index (χ0) is 10.1. The number of piperidine rings is 1. The van der Waals surface area contributed by atoms with Crippen molar-refractivity contribution in [2.45, 2.75) is 39.7 Å². The summed E-state index contributed by atoms with van der Waals surface area (Å²) in [7, 11) is 0. The lowest BCUT2D eigenvalue weighted by Gasteiger charge is -2.37. The molecule has 78 valence electrons. The lowest BCUT2D eigenvalue weighted by atomic mass is 9.91. The minimum Gasteiger partial charge on any atom is -0.389 e. The Morgan fingerprint density at radius 2 is 1.69 bits per heavy atom. The van der Waals surface area contributed by atoms with Gasteiger partial charge in [0.2, 0.25) is 0 Å². The van der Waals surface area contributed by atoms with Crippen LogP contribution in [0.5, 0.6) is 0 Å². The standard InChI is InChI=1S/C11H23NO/c1-9-5-10(2)7-12(6-9)8-11(3,4)13/h9-10,13H,5-8H2,1-4H3. The smallest absolute Gasteiger partial charge is 0.0718 e. The number of nitrogens with zero attached hydrogens (tertiary/aromatic N) is 1. The fourth-order valence-corrected chi connectivity index (χ4v) is 2.47. The SMILES string of the molecule is CC1CC(C)CN(CC(C)(C)O)C1. The van der Waals surface area contributed by atoms with Crippen molar-refractivity contribution in [1.29, 1.82) is 0 Å². The Kier molecular flexibility index (Phi) is 3.36. The molecule has 0 saturated carbocycles. The highest BCUT2D eigenvalue weighted by atomic mass is 16.3. The molecule has 2 unspecified atom stereocenters. The summed E-state index contributed by atoms with van der Waals surface area (Å²) in [5, 5.41) is 9.70. The Morgan fingerprint density at radius 1 is 1.23 bits per heavy atom. The molecule has 0 aromatic rings. The minimum atomic E-state index is -0.545. The third-order valence-electron chi connectivity index (χ3n) is 2.56. The highest BCUT2D eigenvalue weighted by molar-refractivity contribution is 4.79. The molecule has 1 rings (SSSR count). The maximum atomic E-state index is 9.70. The fraction of sp³-hybridized carbons (Fsp3) is 1.00. The number of aliphatic hydroxyl groups is 1. The molecule has 0 aromatic carbocycles. The van der Waals surface area contributed by atoms with Gasteiger partial charge in [0.25, 0.3) is 0 Å². The van der Waals surface area contributed by atoms with Gasteiger partial charge < -0.3 is 5.11 Å². The first-order valence-corrected chi connectivity index (χ1v) is 5.31. The Hall–Kier alpha value is -0.0800. The van der Waals surface area contributed by atoms with E-state index in [2.05, 4.69) is 18.7 Å². The highest BCUT2D eigenvalue weighted by Crippen LogP contribution is 2.22. The summed E-state index contributed by atoms with van der Waals surface area (Å²) >= 11 is 0. The summed E-state index contributed by atoms with van der Waals surface area (Å²) in [5.41, 5.74) is -0.545. The molecule has 0 aromatic heterocycles. The van der Waals surface area contributed by atoms with E-state index in [-0.39, 0.29) is 0 Å². The number of hydrogen-bond acceptors (Lipinski definition) is 2. The Bertz CT molecular complexity index is 152. The van der Waals surface area contributed by atoms with E-state index in [1.165, 1.54) is 6.42 Å². The average Bonchev–Trinajstić information content (AvgIpc) is 1.78.